The Morgan fingerprint density at radius 1 is 1.27 bits per heavy atom. The lowest BCUT2D eigenvalue weighted by Gasteiger charge is -2.09. The Kier molecular flexibility index (Phi) is 3.53. The number of aromatic nitrogens is 5. The first kappa shape index (κ1) is 15.9. The summed E-state index contributed by atoms with van der Waals surface area (Å²) in [5.41, 5.74) is 1.21. The molecule has 2 aromatic heterocycles. The minimum Gasteiger partial charge on any atom is -0.476 e. The molecule has 4 rings (SSSR count). The van der Waals surface area contributed by atoms with E-state index in [9.17, 15) is 19.1 Å². The summed E-state index contributed by atoms with van der Waals surface area (Å²) in [5.74, 6) is -2.40. The van der Waals surface area contributed by atoms with Gasteiger partial charge in [-0.2, -0.15) is 0 Å². The zero-order valence-corrected chi connectivity index (χ0v) is 13.5. The number of carboxylic acid groups (broad SMARTS) is 1. The number of ether oxygens (including phenoxy) is 1. The van der Waals surface area contributed by atoms with E-state index in [2.05, 4.69) is 15.3 Å². The molecule has 0 saturated carbocycles. The number of hydrogen-bond donors (Lipinski definition) is 1. The molecule has 9 nitrogen and oxygen atoms in total. The third-order valence-electron chi connectivity index (χ3n) is 4.06. The molecule has 0 atom stereocenters. The lowest BCUT2D eigenvalue weighted by molar-refractivity contribution is 0.0517. The molecular formula is C16H12FN5O4. The zero-order chi connectivity index (χ0) is 18.4. The largest absolute Gasteiger partial charge is 0.476 e. The van der Waals surface area contributed by atoms with Gasteiger partial charge in [-0.1, -0.05) is 5.21 Å². The number of aromatic carboxylic acids is 1. The Balaban J connectivity index is 2.01. The zero-order valence-electron chi connectivity index (χ0n) is 13.5. The molecule has 0 bridgehead atoms. The molecule has 0 fully saturated rings. The molecule has 1 N–H and O–H groups in total. The number of nitrogens with zero attached hydrogens (tertiary/aromatic N) is 5. The van der Waals surface area contributed by atoms with Crippen LogP contribution in [0.25, 0.3) is 11.4 Å². The number of benzene rings is 1. The van der Waals surface area contributed by atoms with Gasteiger partial charge in [-0.05, 0) is 19.1 Å². The fraction of sp³-hybridized carbons (Fsp3) is 0.188. The fourth-order valence-corrected chi connectivity index (χ4v) is 2.97. The van der Waals surface area contributed by atoms with Crippen molar-refractivity contribution in [2.24, 2.45) is 0 Å². The van der Waals surface area contributed by atoms with Gasteiger partial charge in [0.2, 0.25) is 0 Å². The Morgan fingerprint density at radius 3 is 2.81 bits per heavy atom. The van der Waals surface area contributed by atoms with Gasteiger partial charge in [-0.25, -0.2) is 23.6 Å². The molecule has 0 spiro atoms. The average molecular weight is 357 g/mol. The summed E-state index contributed by atoms with van der Waals surface area (Å²) < 4.78 is 21.7. The topological polar surface area (TPSA) is 112 Å². The van der Waals surface area contributed by atoms with Gasteiger partial charge in [0.15, 0.2) is 11.4 Å². The number of hydrogen-bond acceptors (Lipinski definition) is 6. The number of carbonyl (C=O) groups excluding carboxylic acids is 1. The maximum absolute atomic E-state index is 13.8. The molecule has 1 aliphatic heterocycles. The van der Waals surface area contributed by atoms with Crippen molar-refractivity contribution in [3.8, 4) is 11.4 Å². The lowest BCUT2D eigenvalue weighted by Crippen LogP contribution is -2.11. The van der Waals surface area contributed by atoms with Gasteiger partial charge >= 0.3 is 11.9 Å². The first-order chi connectivity index (χ1) is 12.5. The molecule has 0 saturated heterocycles. The normalized spacial score (nSPS) is 11.9. The Labute approximate surface area is 145 Å². The van der Waals surface area contributed by atoms with E-state index in [1.165, 1.54) is 33.8 Å². The van der Waals surface area contributed by atoms with E-state index >= 15 is 0 Å². The molecule has 26 heavy (non-hydrogen) atoms. The van der Waals surface area contributed by atoms with Crippen LogP contribution in [-0.4, -0.2) is 48.2 Å². The predicted octanol–water partition coefficient (Wildman–Crippen LogP) is 1.37. The van der Waals surface area contributed by atoms with Crippen molar-refractivity contribution in [3.05, 3.63) is 53.1 Å². The lowest BCUT2D eigenvalue weighted by atomic mass is 10.1. The molecule has 10 heteroatoms. The molecule has 0 amide bonds. The third-order valence-corrected chi connectivity index (χ3v) is 4.06. The van der Waals surface area contributed by atoms with Crippen molar-refractivity contribution in [1.82, 2.24) is 24.5 Å². The molecule has 1 aromatic carbocycles. The second-order valence-electron chi connectivity index (χ2n) is 5.54. The monoisotopic (exact) mass is 357 g/mol. The fourth-order valence-electron chi connectivity index (χ4n) is 2.97. The van der Waals surface area contributed by atoms with Crippen LogP contribution in [0.2, 0.25) is 0 Å². The van der Waals surface area contributed by atoms with E-state index in [1.54, 1.807) is 6.92 Å². The number of carboxylic acids is 1. The standard InChI is InChI=1S/C16H12FN5O4/c1-2-26-16(25)14-12-6-11-13(15(23)24)18-7-21(11)10-5-8(17)3-4-9(10)22(12)20-19-14/h3-5,7H,2,6H2,1H3,(H,23,24). The van der Waals surface area contributed by atoms with E-state index in [0.29, 0.717) is 17.1 Å². The van der Waals surface area contributed by atoms with Crippen LogP contribution in [0, 0.1) is 5.82 Å². The van der Waals surface area contributed by atoms with Crippen molar-refractivity contribution < 1.29 is 23.8 Å². The average Bonchev–Trinajstić information content (AvgIpc) is 3.17. The van der Waals surface area contributed by atoms with E-state index in [1.807, 2.05) is 0 Å². The maximum Gasteiger partial charge on any atom is 0.360 e. The SMILES string of the molecule is CCOC(=O)c1nnn2c1Cc1c(C(=O)O)ncn1-c1cc(F)ccc1-2. The van der Waals surface area contributed by atoms with Crippen LogP contribution in [0.15, 0.2) is 24.5 Å². The first-order valence-electron chi connectivity index (χ1n) is 7.72. The van der Waals surface area contributed by atoms with Crippen LogP contribution >= 0.6 is 0 Å². The highest BCUT2D eigenvalue weighted by Crippen LogP contribution is 2.30. The number of fused-ring (bicyclic) bond motifs is 5. The van der Waals surface area contributed by atoms with Crippen molar-refractivity contribution >= 4 is 11.9 Å². The number of carbonyl (C=O) groups is 2. The molecule has 1 aliphatic rings. The van der Waals surface area contributed by atoms with Crippen molar-refractivity contribution in [1.29, 1.82) is 0 Å². The Morgan fingerprint density at radius 2 is 2.08 bits per heavy atom. The summed E-state index contributed by atoms with van der Waals surface area (Å²) in [7, 11) is 0. The summed E-state index contributed by atoms with van der Waals surface area (Å²) in [4.78, 5) is 27.6. The van der Waals surface area contributed by atoms with Gasteiger partial charge in [0.25, 0.3) is 0 Å². The highest BCUT2D eigenvalue weighted by Gasteiger charge is 2.30. The van der Waals surface area contributed by atoms with Crippen molar-refractivity contribution in [3.63, 3.8) is 0 Å². The molecule has 3 aromatic rings. The number of rotatable bonds is 3. The predicted molar refractivity (Wildman–Crippen MR) is 84.2 cm³/mol. The van der Waals surface area contributed by atoms with Crippen LogP contribution in [0.3, 0.4) is 0 Å². The molecule has 0 radical (unpaired) electrons. The van der Waals surface area contributed by atoms with E-state index in [4.69, 9.17) is 4.74 Å². The van der Waals surface area contributed by atoms with E-state index < -0.39 is 17.8 Å². The summed E-state index contributed by atoms with van der Waals surface area (Å²) in [5, 5.41) is 17.3. The van der Waals surface area contributed by atoms with Crippen LogP contribution in [0.5, 0.6) is 0 Å². The quantitative estimate of drug-likeness (QED) is 0.551. The number of imidazole rings is 1. The van der Waals surface area contributed by atoms with Crippen LogP contribution in [0.4, 0.5) is 4.39 Å². The smallest absolute Gasteiger partial charge is 0.360 e. The van der Waals surface area contributed by atoms with Crippen molar-refractivity contribution in [2.75, 3.05) is 6.61 Å². The van der Waals surface area contributed by atoms with Crippen LogP contribution in [-0.2, 0) is 11.2 Å². The van der Waals surface area contributed by atoms with Crippen molar-refractivity contribution in [2.45, 2.75) is 13.3 Å². The summed E-state index contributed by atoms with van der Waals surface area (Å²) in [6.07, 6.45) is 1.32. The summed E-state index contributed by atoms with van der Waals surface area (Å²) in [6.45, 7) is 1.82. The molecule has 0 unspecified atom stereocenters. The van der Waals surface area contributed by atoms with Gasteiger partial charge in [0.05, 0.1) is 29.4 Å². The molecule has 0 aliphatic carbocycles. The van der Waals surface area contributed by atoms with Crippen LogP contribution < -0.4 is 0 Å². The van der Waals surface area contributed by atoms with Gasteiger partial charge in [0, 0.05) is 12.5 Å². The van der Waals surface area contributed by atoms with Gasteiger partial charge in [-0.15, -0.1) is 5.10 Å². The molecule has 3 heterocycles. The minimum absolute atomic E-state index is 0.0130. The van der Waals surface area contributed by atoms with Crippen LogP contribution in [0.1, 0.15) is 39.3 Å². The van der Waals surface area contributed by atoms with E-state index in [0.717, 1.165) is 0 Å². The highest BCUT2D eigenvalue weighted by molar-refractivity contribution is 5.90. The maximum atomic E-state index is 13.8. The van der Waals surface area contributed by atoms with E-state index in [-0.39, 0.29) is 30.1 Å². The first-order valence-corrected chi connectivity index (χ1v) is 7.72. The third kappa shape index (κ3) is 2.26. The summed E-state index contributed by atoms with van der Waals surface area (Å²) in [6, 6.07) is 3.97. The van der Waals surface area contributed by atoms with Gasteiger partial charge in [-0.3, -0.25) is 4.57 Å². The second-order valence-corrected chi connectivity index (χ2v) is 5.54. The minimum atomic E-state index is -1.23. The Bertz CT molecular complexity index is 1060. The summed E-state index contributed by atoms with van der Waals surface area (Å²) >= 11 is 0. The molecule has 132 valence electrons. The van der Waals surface area contributed by atoms with Gasteiger partial charge < -0.3 is 9.84 Å². The van der Waals surface area contributed by atoms with Gasteiger partial charge in [0.1, 0.15) is 12.1 Å². The molecular weight excluding hydrogens is 345 g/mol. The highest BCUT2D eigenvalue weighted by atomic mass is 19.1. The number of halogens is 1. The Hall–Kier alpha value is -3.56. The second kappa shape index (κ2) is 5.76. The number of esters is 1.